The highest BCUT2D eigenvalue weighted by Crippen LogP contribution is 2.41. The Morgan fingerprint density at radius 2 is 1.96 bits per heavy atom. The summed E-state index contributed by atoms with van der Waals surface area (Å²) in [6, 6.07) is 14.0. The van der Waals surface area contributed by atoms with Gasteiger partial charge in [-0.25, -0.2) is 4.79 Å². The van der Waals surface area contributed by atoms with E-state index >= 15 is 0 Å². The highest BCUT2D eigenvalue weighted by atomic mass is 16.4. The van der Waals surface area contributed by atoms with Gasteiger partial charge < -0.3 is 9.52 Å². The third-order valence-electron chi connectivity index (χ3n) is 4.43. The molecule has 4 rings (SSSR count). The van der Waals surface area contributed by atoms with Crippen LogP contribution in [0.2, 0.25) is 0 Å². The van der Waals surface area contributed by atoms with Crippen molar-refractivity contribution < 1.29 is 17.1 Å². The van der Waals surface area contributed by atoms with Gasteiger partial charge in [-0.3, -0.25) is 4.99 Å². The first-order valence-corrected chi connectivity index (χ1v) is 8.72. The molecule has 2 aliphatic rings. The molecule has 1 N–H and O–H groups in total. The third-order valence-corrected chi connectivity index (χ3v) is 4.43. The molecule has 27 heavy (non-hydrogen) atoms. The summed E-state index contributed by atoms with van der Waals surface area (Å²) in [5.74, 6) is -0.622. The van der Waals surface area contributed by atoms with Crippen molar-refractivity contribution >= 4 is 16.9 Å². The summed E-state index contributed by atoms with van der Waals surface area (Å²) in [5, 5.41) is 10.9. The van der Waals surface area contributed by atoms with E-state index in [4.69, 9.17) is 7.16 Å². The van der Waals surface area contributed by atoms with E-state index < -0.39 is 5.97 Å². The normalized spacial score (nSPS) is 13.0. The molecule has 4 nitrogen and oxygen atoms in total. The molecule has 0 saturated heterocycles. The molecular weight excluding hydrogens is 338 g/mol. The zero-order valence-corrected chi connectivity index (χ0v) is 15.0. The number of carboxylic acid groups (broad SMARTS) is 1. The summed E-state index contributed by atoms with van der Waals surface area (Å²) in [6.45, 7) is 4.36. The van der Waals surface area contributed by atoms with Crippen molar-refractivity contribution in [1.29, 1.82) is 0 Å². The van der Waals surface area contributed by atoms with Crippen molar-refractivity contribution in [3.05, 3.63) is 77.1 Å². The Labute approximate surface area is 159 Å². The van der Waals surface area contributed by atoms with Crippen LogP contribution >= 0.6 is 0 Å². The summed E-state index contributed by atoms with van der Waals surface area (Å²) in [4.78, 5) is 16.3. The predicted octanol–water partition coefficient (Wildman–Crippen LogP) is 5.13. The van der Waals surface area contributed by atoms with Gasteiger partial charge in [0.25, 0.3) is 0 Å². The Kier molecular flexibility index (Phi) is 3.67. The highest BCUT2D eigenvalue weighted by Gasteiger charge is 2.20. The van der Waals surface area contributed by atoms with Gasteiger partial charge in [-0.05, 0) is 49.2 Å². The molecule has 1 aliphatic carbocycles. The third kappa shape index (κ3) is 2.99. The fourth-order valence-electron chi connectivity index (χ4n) is 3.27. The first-order chi connectivity index (χ1) is 13.9. The van der Waals surface area contributed by atoms with Crippen LogP contribution in [0.3, 0.4) is 0 Å². The molecule has 0 fully saturated rings. The van der Waals surface area contributed by atoms with Crippen molar-refractivity contribution in [2.24, 2.45) is 4.99 Å². The van der Waals surface area contributed by atoms with E-state index in [1.807, 2.05) is 19.9 Å². The molecule has 0 spiro atoms. The lowest BCUT2D eigenvalue weighted by atomic mass is 9.90. The van der Waals surface area contributed by atoms with Gasteiger partial charge in [-0.15, -0.1) is 0 Å². The van der Waals surface area contributed by atoms with Crippen LogP contribution in [0.5, 0.6) is 0 Å². The molecule has 1 heterocycles. The number of fused-ring (bicyclic) bond motifs is 2. The van der Waals surface area contributed by atoms with E-state index in [2.05, 4.69) is 4.99 Å². The molecule has 0 amide bonds. The maximum Gasteiger partial charge on any atom is 0.336 e. The molecule has 0 radical (unpaired) electrons. The van der Waals surface area contributed by atoms with Crippen LogP contribution < -0.4 is 5.36 Å². The van der Waals surface area contributed by atoms with Crippen LogP contribution in [0.25, 0.3) is 33.4 Å². The summed E-state index contributed by atoms with van der Waals surface area (Å²) in [5.41, 5.74) is 2.91. The second kappa shape index (κ2) is 6.72. The van der Waals surface area contributed by atoms with Gasteiger partial charge in [0.05, 0.1) is 13.7 Å². The average molecular weight is 359 g/mol. The molecule has 2 aromatic rings. The van der Waals surface area contributed by atoms with E-state index in [0.717, 1.165) is 5.56 Å². The van der Waals surface area contributed by atoms with E-state index in [1.54, 1.807) is 36.4 Å². The Morgan fingerprint density at radius 3 is 2.74 bits per heavy atom. The number of hydrogen-bond acceptors (Lipinski definition) is 3. The lowest BCUT2D eigenvalue weighted by Crippen LogP contribution is -2.05. The Bertz CT molecular complexity index is 1310. The van der Waals surface area contributed by atoms with Gasteiger partial charge >= 0.3 is 5.97 Å². The number of benzene rings is 3. The number of carbonyl (C=O) groups is 1. The van der Waals surface area contributed by atoms with Crippen LogP contribution in [0.15, 0.2) is 70.0 Å². The zero-order valence-electron chi connectivity index (χ0n) is 17.0. The van der Waals surface area contributed by atoms with Crippen LogP contribution in [0.1, 0.15) is 25.6 Å². The number of rotatable bonds is 3. The number of carboxylic acids is 1. The van der Waals surface area contributed by atoms with Gasteiger partial charge in [-0.1, -0.05) is 30.3 Å². The van der Waals surface area contributed by atoms with Gasteiger partial charge in [0, 0.05) is 29.1 Å². The molecular formula is C23H19NO3. The van der Waals surface area contributed by atoms with E-state index in [9.17, 15) is 9.90 Å². The lowest BCUT2D eigenvalue weighted by molar-refractivity contribution is 0.0697. The van der Waals surface area contributed by atoms with Gasteiger partial charge in [0.2, 0.25) is 0 Å². The Balaban J connectivity index is 2.28. The summed E-state index contributed by atoms with van der Waals surface area (Å²) in [7, 11) is 0. The maximum absolute atomic E-state index is 11.9. The largest absolute Gasteiger partial charge is 0.478 e. The summed E-state index contributed by atoms with van der Waals surface area (Å²) in [6.07, 6.45) is 0. The SMILES string of the molecule is [2H]c1c/c(=N\CC)cc2oc3cc(C)cc([2H])c3c(-c3ccccc3C(=O)O)c1-2. The van der Waals surface area contributed by atoms with Crippen molar-refractivity contribution in [3.8, 4) is 22.5 Å². The number of nitrogens with zero attached hydrogens (tertiary/aromatic N) is 1. The predicted molar refractivity (Wildman–Crippen MR) is 106 cm³/mol. The van der Waals surface area contributed by atoms with Crippen LogP contribution in [-0.2, 0) is 0 Å². The molecule has 134 valence electrons. The van der Waals surface area contributed by atoms with Gasteiger partial charge in [0.15, 0.2) is 0 Å². The monoisotopic (exact) mass is 359 g/mol. The van der Waals surface area contributed by atoms with E-state index in [-0.39, 0.29) is 17.6 Å². The first kappa shape index (κ1) is 14.7. The quantitative estimate of drug-likeness (QED) is 0.516. The number of hydrogen-bond donors (Lipinski definition) is 1. The Hall–Kier alpha value is -3.40. The topological polar surface area (TPSA) is 62.8 Å². The minimum atomic E-state index is -1.06. The van der Waals surface area contributed by atoms with E-state index in [0.29, 0.717) is 45.3 Å². The Morgan fingerprint density at radius 1 is 1.15 bits per heavy atom. The highest BCUT2D eigenvalue weighted by molar-refractivity contribution is 6.07. The van der Waals surface area contributed by atoms with Gasteiger partial charge in [0.1, 0.15) is 11.3 Å². The fraction of sp³-hybridized carbons (Fsp3) is 0.130. The van der Waals surface area contributed by atoms with Crippen molar-refractivity contribution in [2.45, 2.75) is 13.8 Å². The zero-order chi connectivity index (χ0) is 20.7. The summed E-state index contributed by atoms with van der Waals surface area (Å²) < 4.78 is 23.2. The van der Waals surface area contributed by atoms with E-state index in [1.165, 1.54) is 6.07 Å². The number of aromatic carboxylic acids is 1. The molecule has 0 atom stereocenters. The van der Waals surface area contributed by atoms with Crippen LogP contribution in [0, 0.1) is 6.92 Å². The summed E-state index contributed by atoms with van der Waals surface area (Å²) >= 11 is 0. The van der Waals surface area contributed by atoms with Crippen molar-refractivity contribution in [1.82, 2.24) is 0 Å². The van der Waals surface area contributed by atoms with Gasteiger partial charge in [-0.2, -0.15) is 0 Å². The standard InChI is InChI=1S/C23H19NO3/c1-3-24-15-9-11-19-21(13-15)27-20-12-14(2)8-10-18(20)22(19)16-6-4-5-7-17(16)23(25)26/h4-13H,3H2,1-2H3,(H,25,26)/b24-15+/i10D,11D. The van der Waals surface area contributed by atoms with Crippen molar-refractivity contribution in [3.63, 3.8) is 0 Å². The molecule has 2 aromatic carbocycles. The second-order valence-electron chi connectivity index (χ2n) is 6.32. The maximum atomic E-state index is 11.9. The minimum Gasteiger partial charge on any atom is -0.478 e. The lowest BCUT2D eigenvalue weighted by Gasteiger charge is -2.17. The van der Waals surface area contributed by atoms with Crippen LogP contribution in [-0.4, -0.2) is 17.6 Å². The second-order valence-corrected chi connectivity index (χ2v) is 6.32. The minimum absolute atomic E-state index is 0.114. The molecule has 0 aromatic heterocycles. The smallest absolute Gasteiger partial charge is 0.336 e. The molecule has 1 aliphatic heterocycles. The average Bonchev–Trinajstić information content (AvgIpc) is 2.66. The van der Waals surface area contributed by atoms with Crippen LogP contribution in [0.4, 0.5) is 0 Å². The van der Waals surface area contributed by atoms with Crippen molar-refractivity contribution in [2.75, 3.05) is 6.54 Å². The number of aryl methyl sites for hydroxylation is 1. The molecule has 0 saturated carbocycles. The first-order valence-electron chi connectivity index (χ1n) is 9.72. The fourth-order valence-corrected chi connectivity index (χ4v) is 3.27. The molecule has 0 unspecified atom stereocenters. The molecule has 0 bridgehead atoms. The molecule has 4 heteroatoms.